The van der Waals surface area contributed by atoms with Crippen molar-refractivity contribution < 1.29 is 9.13 Å². The van der Waals surface area contributed by atoms with E-state index in [1.54, 1.807) is 12.1 Å². The Kier molecular flexibility index (Phi) is 4.72. The highest BCUT2D eigenvalue weighted by Crippen LogP contribution is 2.31. The third-order valence-electron chi connectivity index (χ3n) is 3.16. The zero-order chi connectivity index (χ0) is 13.0. The van der Waals surface area contributed by atoms with Crippen LogP contribution in [0.3, 0.4) is 0 Å². The van der Waals surface area contributed by atoms with Gasteiger partial charge < -0.3 is 10.1 Å². The molecule has 1 aromatic carbocycles. The molecule has 1 fully saturated rings. The number of nitrogens with one attached hydrogen (secondary N) is 1. The van der Waals surface area contributed by atoms with Crippen LogP contribution in [0.5, 0.6) is 0 Å². The van der Waals surface area contributed by atoms with Crippen molar-refractivity contribution in [2.45, 2.75) is 38.8 Å². The van der Waals surface area contributed by atoms with Gasteiger partial charge in [-0.3, -0.25) is 0 Å². The molecule has 2 nitrogen and oxygen atoms in total. The minimum absolute atomic E-state index is 0.0521. The van der Waals surface area contributed by atoms with Crippen LogP contribution in [0, 0.1) is 11.7 Å². The molecule has 1 unspecified atom stereocenters. The van der Waals surface area contributed by atoms with Crippen LogP contribution >= 0.6 is 0 Å². The van der Waals surface area contributed by atoms with Gasteiger partial charge in [0.25, 0.3) is 0 Å². The van der Waals surface area contributed by atoms with E-state index in [4.69, 9.17) is 4.74 Å². The highest BCUT2D eigenvalue weighted by molar-refractivity contribution is 5.19. The van der Waals surface area contributed by atoms with Crippen LogP contribution in [0.25, 0.3) is 0 Å². The van der Waals surface area contributed by atoms with Crippen LogP contribution in [-0.2, 0) is 4.74 Å². The smallest absolute Gasteiger partial charge is 0.123 e. The second kappa shape index (κ2) is 6.30. The van der Waals surface area contributed by atoms with E-state index in [1.807, 2.05) is 6.07 Å². The topological polar surface area (TPSA) is 21.3 Å². The Hall–Kier alpha value is -0.930. The monoisotopic (exact) mass is 251 g/mol. The molecule has 18 heavy (non-hydrogen) atoms. The lowest BCUT2D eigenvalue weighted by atomic mass is 10.1. The van der Waals surface area contributed by atoms with E-state index in [2.05, 4.69) is 19.2 Å². The average molecular weight is 251 g/mol. The zero-order valence-electron chi connectivity index (χ0n) is 11.2. The van der Waals surface area contributed by atoms with Gasteiger partial charge in [0.1, 0.15) is 5.82 Å². The Morgan fingerprint density at radius 3 is 2.78 bits per heavy atom. The maximum atomic E-state index is 13.3. The minimum Gasteiger partial charge on any atom is -0.372 e. The van der Waals surface area contributed by atoms with E-state index < -0.39 is 0 Å². The largest absolute Gasteiger partial charge is 0.372 e. The summed E-state index contributed by atoms with van der Waals surface area (Å²) in [7, 11) is 0. The van der Waals surface area contributed by atoms with Gasteiger partial charge in [-0.1, -0.05) is 26.0 Å². The molecule has 1 aliphatic rings. The zero-order valence-corrected chi connectivity index (χ0v) is 11.2. The molecule has 100 valence electrons. The Morgan fingerprint density at radius 1 is 1.39 bits per heavy atom. The van der Waals surface area contributed by atoms with E-state index in [-0.39, 0.29) is 11.9 Å². The molecule has 0 heterocycles. The van der Waals surface area contributed by atoms with E-state index in [0.717, 1.165) is 24.6 Å². The number of halogens is 1. The molecule has 1 aromatic rings. The third-order valence-corrected chi connectivity index (χ3v) is 3.16. The van der Waals surface area contributed by atoms with Gasteiger partial charge in [0.05, 0.1) is 12.7 Å². The van der Waals surface area contributed by atoms with Gasteiger partial charge >= 0.3 is 0 Å². The predicted octanol–water partition coefficient (Wildman–Crippen LogP) is 3.29. The molecule has 1 atom stereocenters. The fourth-order valence-corrected chi connectivity index (χ4v) is 1.86. The summed E-state index contributed by atoms with van der Waals surface area (Å²) in [5, 5.41) is 3.36. The third kappa shape index (κ3) is 4.39. The standard InChI is InChI=1S/C15H22FNO/c1-11(2)17-9-15(18-10-12-6-7-12)13-4-3-5-14(16)8-13/h3-5,8,11-12,15,17H,6-7,9-10H2,1-2H3. The van der Waals surface area contributed by atoms with E-state index in [1.165, 1.54) is 18.9 Å². The minimum atomic E-state index is -0.197. The average Bonchev–Trinajstić information content (AvgIpc) is 3.12. The van der Waals surface area contributed by atoms with Gasteiger partial charge in [0.15, 0.2) is 0 Å². The summed E-state index contributed by atoms with van der Waals surface area (Å²) >= 11 is 0. The summed E-state index contributed by atoms with van der Waals surface area (Å²) in [5.74, 6) is 0.525. The molecule has 1 N–H and O–H groups in total. The quantitative estimate of drug-likeness (QED) is 0.803. The first-order valence-electron chi connectivity index (χ1n) is 6.75. The van der Waals surface area contributed by atoms with Crippen LogP contribution in [0.4, 0.5) is 4.39 Å². The van der Waals surface area contributed by atoms with Gasteiger partial charge in [-0.25, -0.2) is 4.39 Å². The lowest BCUT2D eigenvalue weighted by Crippen LogP contribution is -2.29. The fourth-order valence-electron chi connectivity index (χ4n) is 1.86. The summed E-state index contributed by atoms with van der Waals surface area (Å²) in [6, 6.07) is 7.12. The molecule has 0 aliphatic heterocycles. The summed E-state index contributed by atoms with van der Waals surface area (Å²) in [6.07, 6.45) is 2.49. The SMILES string of the molecule is CC(C)NCC(OCC1CC1)c1cccc(F)c1. The van der Waals surface area contributed by atoms with Crippen molar-refractivity contribution in [2.75, 3.05) is 13.2 Å². The Balaban J connectivity index is 1.96. The van der Waals surface area contributed by atoms with Crippen molar-refractivity contribution >= 4 is 0 Å². The molecule has 0 bridgehead atoms. The van der Waals surface area contributed by atoms with Crippen LogP contribution in [0.1, 0.15) is 38.4 Å². The van der Waals surface area contributed by atoms with Crippen molar-refractivity contribution in [3.8, 4) is 0 Å². The molecule has 0 amide bonds. The normalized spacial score (nSPS) is 17.1. The molecule has 1 saturated carbocycles. The number of hydrogen-bond acceptors (Lipinski definition) is 2. The summed E-state index contributed by atoms with van der Waals surface area (Å²) in [6.45, 7) is 5.72. The van der Waals surface area contributed by atoms with Crippen LogP contribution < -0.4 is 5.32 Å². The van der Waals surface area contributed by atoms with Crippen molar-refractivity contribution in [1.82, 2.24) is 5.32 Å². The first kappa shape index (κ1) is 13.5. The summed E-state index contributed by atoms with van der Waals surface area (Å²) in [4.78, 5) is 0. The molecule has 0 radical (unpaired) electrons. The Labute approximate surface area is 109 Å². The summed E-state index contributed by atoms with van der Waals surface area (Å²) < 4.78 is 19.2. The van der Waals surface area contributed by atoms with Crippen molar-refractivity contribution in [3.63, 3.8) is 0 Å². The van der Waals surface area contributed by atoms with Crippen LogP contribution in [-0.4, -0.2) is 19.2 Å². The fraction of sp³-hybridized carbons (Fsp3) is 0.600. The van der Waals surface area contributed by atoms with E-state index >= 15 is 0 Å². The van der Waals surface area contributed by atoms with Crippen molar-refractivity contribution in [1.29, 1.82) is 0 Å². The number of hydrogen-bond donors (Lipinski definition) is 1. The lowest BCUT2D eigenvalue weighted by Gasteiger charge is -2.20. The summed E-state index contributed by atoms with van der Waals surface area (Å²) in [5.41, 5.74) is 0.920. The second-order valence-corrected chi connectivity index (χ2v) is 5.38. The molecular weight excluding hydrogens is 229 g/mol. The van der Waals surface area contributed by atoms with E-state index in [0.29, 0.717) is 6.04 Å². The molecule has 2 rings (SSSR count). The highest BCUT2D eigenvalue weighted by atomic mass is 19.1. The maximum absolute atomic E-state index is 13.3. The van der Waals surface area contributed by atoms with Gasteiger partial charge in [-0.05, 0) is 36.5 Å². The first-order chi connectivity index (χ1) is 8.65. The van der Waals surface area contributed by atoms with Gasteiger partial charge in [0, 0.05) is 12.6 Å². The maximum Gasteiger partial charge on any atom is 0.123 e. The molecule has 3 heteroatoms. The molecule has 0 spiro atoms. The van der Waals surface area contributed by atoms with Gasteiger partial charge in [0.2, 0.25) is 0 Å². The molecule has 1 aliphatic carbocycles. The number of benzene rings is 1. The highest BCUT2D eigenvalue weighted by Gasteiger charge is 2.23. The van der Waals surface area contributed by atoms with Crippen LogP contribution in [0.2, 0.25) is 0 Å². The second-order valence-electron chi connectivity index (χ2n) is 5.38. The lowest BCUT2D eigenvalue weighted by molar-refractivity contribution is 0.0438. The molecular formula is C15H22FNO. The van der Waals surface area contributed by atoms with Crippen molar-refractivity contribution in [2.24, 2.45) is 5.92 Å². The Morgan fingerprint density at radius 2 is 2.17 bits per heavy atom. The molecule has 0 aromatic heterocycles. The number of ether oxygens (including phenoxy) is 1. The van der Waals surface area contributed by atoms with Gasteiger partial charge in [-0.2, -0.15) is 0 Å². The first-order valence-corrected chi connectivity index (χ1v) is 6.75. The van der Waals surface area contributed by atoms with Gasteiger partial charge in [-0.15, -0.1) is 0 Å². The predicted molar refractivity (Wildman–Crippen MR) is 71.0 cm³/mol. The Bertz CT molecular complexity index is 371. The number of rotatable bonds is 7. The van der Waals surface area contributed by atoms with Crippen molar-refractivity contribution in [3.05, 3.63) is 35.6 Å². The van der Waals surface area contributed by atoms with E-state index in [9.17, 15) is 4.39 Å². The molecule has 0 saturated heterocycles. The van der Waals surface area contributed by atoms with Crippen LogP contribution in [0.15, 0.2) is 24.3 Å².